The fourth-order valence-electron chi connectivity index (χ4n) is 1.37. The van der Waals surface area contributed by atoms with E-state index in [2.05, 4.69) is 10.6 Å². The van der Waals surface area contributed by atoms with Crippen LogP contribution in [0.15, 0.2) is 17.5 Å². The number of ether oxygens (including phenoxy) is 1. The Kier molecular flexibility index (Phi) is 3.53. The van der Waals surface area contributed by atoms with E-state index in [1.165, 1.54) is 0 Å². The first-order chi connectivity index (χ1) is 7.75. The van der Waals surface area contributed by atoms with Crippen LogP contribution in [0.2, 0.25) is 0 Å². The summed E-state index contributed by atoms with van der Waals surface area (Å²) in [6.07, 6.45) is 0. The largest absolute Gasteiger partial charge is 0.459 e. The number of nitrogens with one attached hydrogen (secondary N) is 2. The Morgan fingerprint density at radius 2 is 2.50 bits per heavy atom. The third-order valence-corrected chi connectivity index (χ3v) is 3.08. The molecule has 1 saturated heterocycles. The van der Waals surface area contributed by atoms with E-state index in [1.54, 1.807) is 11.3 Å². The van der Waals surface area contributed by atoms with Crippen molar-refractivity contribution in [3.63, 3.8) is 0 Å². The number of esters is 1. The minimum absolute atomic E-state index is 0.0951. The molecule has 2 heterocycles. The summed E-state index contributed by atoms with van der Waals surface area (Å²) in [5.41, 5.74) is 0. The summed E-state index contributed by atoms with van der Waals surface area (Å²) >= 11 is 1.54. The zero-order valence-corrected chi connectivity index (χ0v) is 9.38. The third-order valence-electron chi connectivity index (χ3n) is 2.23. The Labute approximate surface area is 96.8 Å². The van der Waals surface area contributed by atoms with Gasteiger partial charge in [-0.05, 0) is 11.4 Å². The van der Waals surface area contributed by atoms with Crippen molar-refractivity contribution in [3.05, 3.63) is 22.4 Å². The van der Waals surface area contributed by atoms with Gasteiger partial charge in [-0.15, -0.1) is 11.3 Å². The van der Waals surface area contributed by atoms with E-state index in [-0.39, 0.29) is 18.4 Å². The molecule has 0 saturated carbocycles. The van der Waals surface area contributed by atoms with Crippen LogP contribution in [0.3, 0.4) is 0 Å². The lowest BCUT2D eigenvalue weighted by Gasteiger charge is -2.22. The Morgan fingerprint density at radius 1 is 1.62 bits per heavy atom. The molecule has 5 nitrogen and oxygen atoms in total. The number of hydrogen-bond acceptors (Lipinski definition) is 5. The van der Waals surface area contributed by atoms with E-state index in [1.807, 2.05) is 17.5 Å². The van der Waals surface area contributed by atoms with E-state index in [4.69, 9.17) is 4.74 Å². The van der Waals surface area contributed by atoms with Crippen molar-refractivity contribution in [2.24, 2.45) is 0 Å². The van der Waals surface area contributed by atoms with Crippen molar-refractivity contribution in [2.45, 2.75) is 12.6 Å². The quantitative estimate of drug-likeness (QED) is 0.723. The van der Waals surface area contributed by atoms with Gasteiger partial charge in [-0.1, -0.05) is 6.07 Å². The van der Waals surface area contributed by atoms with Crippen LogP contribution in [0.4, 0.5) is 0 Å². The lowest BCUT2D eigenvalue weighted by atomic mass is 10.2. The van der Waals surface area contributed by atoms with E-state index in [0.29, 0.717) is 13.2 Å². The molecule has 0 spiro atoms. The molecule has 1 atom stereocenters. The van der Waals surface area contributed by atoms with Crippen LogP contribution >= 0.6 is 11.3 Å². The molecule has 1 amide bonds. The van der Waals surface area contributed by atoms with Crippen LogP contribution in [0.1, 0.15) is 4.88 Å². The molecule has 1 unspecified atom stereocenters. The van der Waals surface area contributed by atoms with Crippen LogP contribution in [0.25, 0.3) is 0 Å². The van der Waals surface area contributed by atoms with Crippen LogP contribution in [0.5, 0.6) is 0 Å². The monoisotopic (exact) mass is 240 g/mol. The van der Waals surface area contributed by atoms with Gasteiger partial charge in [-0.25, -0.2) is 0 Å². The number of carbonyl (C=O) groups is 2. The second-order valence-electron chi connectivity index (χ2n) is 3.42. The number of piperazine rings is 1. The Bertz CT molecular complexity index is 367. The molecular weight excluding hydrogens is 228 g/mol. The summed E-state index contributed by atoms with van der Waals surface area (Å²) in [6, 6.07) is 3.39. The van der Waals surface area contributed by atoms with Crippen LogP contribution < -0.4 is 10.6 Å². The van der Waals surface area contributed by atoms with Gasteiger partial charge in [0.25, 0.3) is 0 Å². The summed E-state index contributed by atoms with van der Waals surface area (Å²) in [6.45, 7) is 0.753. The molecule has 1 aromatic heterocycles. The predicted molar refractivity (Wildman–Crippen MR) is 58.9 cm³/mol. The van der Waals surface area contributed by atoms with Crippen molar-refractivity contribution in [1.82, 2.24) is 10.6 Å². The average molecular weight is 240 g/mol. The van der Waals surface area contributed by atoms with Crippen molar-refractivity contribution in [1.29, 1.82) is 0 Å². The molecule has 6 heteroatoms. The van der Waals surface area contributed by atoms with Crippen LogP contribution in [-0.4, -0.2) is 31.0 Å². The third kappa shape index (κ3) is 2.80. The molecule has 0 aromatic carbocycles. The van der Waals surface area contributed by atoms with Gasteiger partial charge in [0.05, 0.1) is 6.54 Å². The van der Waals surface area contributed by atoms with Crippen molar-refractivity contribution >= 4 is 23.2 Å². The highest BCUT2D eigenvalue weighted by molar-refractivity contribution is 7.09. The molecule has 2 N–H and O–H groups in total. The van der Waals surface area contributed by atoms with E-state index in [0.717, 1.165) is 4.88 Å². The normalized spacial score (nSPS) is 20.2. The van der Waals surface area contributed by atoms with Gasteiger partial charge in [0.2, 0.25) is 5.91 Å². The first-order valence-electron chi connectivity index (χ1n) is 4.95. The minimum Gasteiger partial charge on any atom is -0.459 e. The van der Waals surface area contributed by atoms with Gasteiger partial charge in [0, 0.05) is 11.4 Å². The van der Waals surface area contributed by atoms with E-state index >= 15 is 0 Å². The summed E-state index contributed by atoms with van der Waals surface area (Å²) < 4.78 is 5.12. The molecule has 0 aliphatic carbocycles. The highest BCUT2D eigenvalue weighted by atomic mass is 32.1. The maximum Gasteiger partial charge on any atom is 0.325 e. The van der Waals surface area contributed by atoms with Gasteiger partial charge >= 0.3 is 5.97 Å². The molecule has 1 aliphatic rings. The molecule has 16 heavy (non-hydrogen) atoms. The Morgan fingerprint density at radius 3 is 3.12 bits per heavy atom. The number of hydrogen-bond donors (Lipinski definition) is 2. The molecule has 86 valence electrons. The predicted octanol–water partition coefficient (Wildman–Crippen LogP) is -0.121. The standard InChI is InChI=1S/C10H12N2O3S/c13-9-5-11-8(4-12-9)10(14)15-6-7-2-1-3-16-7/h1-3,8,11H,4-6H2,(H,12,13). The Hall–Kier alpha value is -1.40. The molecular formula is C10H12N2O3S. The van der Waals surface area contributed by atoms with Gasteiger partial charge in [-0.3, -0.25) is 14.9 Å². The second-order valence-corrected chi connectivity index (χ2v) is 4.46. The summed E-state index contributed by atoms with van der Waals surface area (Å²) in [5, 5.41) is 7.35. The number of thiophene rings is 1. The second kappa shape index (κ2) is 5.09. The maximum absolute atomic E-state index is 11.6. The van der Waals surface area contributed by atoms with E-state index in [9.17, 15) is 9.59 Å². The molecule has 0 radical (unpaired) electrons. The molecule has 1 fully saturated rings. The smallest absolute Gasteiger partial charge is 0.325 e. The average Bonchev–Trinajstić information content (AvgIpc) is 2.80. The Balaban J connectivity index is 1.77. The number of rotatable bonds is 3. The summed E-state index contributed by atoms with van der Waals surface area (Å²) in [5.74, 6) is -0.421. The highest BCUT2D eigenvalue weighted by Gasteiger charge is 2.24. The topological polar surface area (TPSA) is 67.4 Å². The van der Waals surface area contributed by atoms with Crippen molar-refractivity contribution in [3.8, 4) is 0 Å². The van der Waals surface area contributed by atoms with Crippen molar-refractivity contribution < 1.29 is 14.3 Å². The van der Waals surface area contributed by atoms with Gasteiger partial charge < -0.3 is 10.1 Å². The number of carbonyl (C=O) groups excluding carboxylic acids is 2. The first kappa shape index (κ1) is 11.1. The maximum atomic E-state index is 11.6. The molecule has 1 aliphatic heterocycles. The van der Waals surface area contributed by atoms with Crippen molar-refractivity contribution in [2.75, 3.05) is 13.1 Å². The fourth-order valence-corrected chi connectivity index (χ4v) is 1.99. The van der Waals surface area contributed by atoms with E-state index < -0.39 is 6.04 Å². The van der Waals surface area contributed by atoms with Gasteiger partial charge in [0.1, 0.15) is 12.6 Å². The number of amides is 1. The zero-order chi connectivity index (χ0) is 11.4. The lowest BCUT2D eigenvalue weighted by molar-refractivity contribution is -0.148. The highest BCUT2D eigenvalue weighted by Crippen LogP contribution is 2.10. The first-order valence-corrected chi connectivity index (χ1v) is 5.83. The molecule has 0 bridgehead atoms. The van der Waals surface area contributed by atoms with Crippen LogP contribution in [-0.2, 0) is 20.9 Å². The molecule has 1 aromatic rings. The lowest BCUT2D eigenvalue weighted by Crippen LogP contribution is -2.55. The zero-order valence-electron chi connectivity index (χ0n) is 8.56. The van der Waals surface area contributed by atoms with Gasteiger partial charge in [-0.2, -0.15) is 0 Å². The molecule has 2 rings (SSSR count). The summed E-state index contributed by atoms with van der Waals surface area (Å²) in [4.78, 5) is 23.4. The van der Waals surface area contributed by atoms with Crippen LogP contribution in [0, 0.1) is 0 Å². The summed E-state index contributed by atoms with van der Waals surface area (Å²) in [7, 11) is 0. The van der Waals surface area contributed by atoms with Gasteiger partial charge in [0.15, 0.2) is 0 Å². The SMILES string of the molecule is O=C1CNC(C(=O)OCc2cccs2)CN1. The fraction of sp³-hybridized carbons (Fsp3) is 0.400. The minimum atomic E-state index is -0.433.